The summed E-state index contributed by atoms with van der Waals surface area (Å²) in [5.74, 6) is -1.54. The standard InChI is InChI=1S/C14H22O7P2.C8H7BrO.C7H17O5P2/c1-4-19-22(17,11-23(18,20-5-2)21-6-3)13-9-7-12(8-10-13)14(15)16;1-6(10)7-2-4-8(9)5-3-7;1-4-10-13(8)7-14(9,11-5-2)12-6-3/h7-10H,4-6,11H2,1-3H3,(H,15,16);2-5H,1H3;4-7H2,1-3H3/q;;+1. The van der Waals surface area contributed by atoms with Crippen molar-refractivity contribution < 1.29 is 60.1 Å². The number of benzene rings is 2. The van der Waals surface area contributed by atoms with Crippen molar-refractivity contribution in [3.63, 3.8) is 0 Å². The van der Waals surface area contributed by atoms with Crippen LogP contribution in [-0.4, -0.2) is 68.3 Å². The first-order valence-corrected chi connectivity index (χ1v) is 22.2. The van der Waals surface area contributed by atoms with E-state index < -0.39 is 36.6 Å². The summed E-state index contributed by atoms with van der Waals surface area (Å²) in [7, 11) is -12.2. The molecule has 2 unspecified atom stereocenters. The lowest BCUT2D eigenvalue weighted by Crippen LogP contribution is -2.13. The first-order chi connectivity index (χ1) is 22.1. The number of ketones is 1. The van der Waals surface area contributed by atoms with Gasteiger partial charge in [0.15, 0.2) is 5.78 Å². The molecule has 2 aromatic carbocycles. The number of hydrogen-bond donors (Lipinski definition) is 1. The molecule has 18 heteroatoms. The molecule has 1 N–H and O–H groups in total. The molecule has 0 fully saturated rings. The third-order valence-corrected chi connectivity index (χ3v) is 15.9. The summed E-state index contributed by atoms with van der Waals surface area (Å²) in [6.07, 6.45) is 0. The molecule has 0 heterocycles. The Morgan fingerprint density at radius 2 is 1.11 bits per heavy atom. The number of Topliss-reactive ketones (excluding diaryl/α,β-unsaturated/α-hetero) is 1. The zero-order valence-electron chi connectivity index (χ0n) is 27.8. The van der Waals surface area contributed by atoms with Crippen molar-refractivity contribution in [2.24, 2.45) is 0 Å². The van der Waals surface area contributed by atoms with E-state index in [1.807, 2.05) is 12.1 Å². The Balaban J connectivity index is 0.000000746. The van der Waals surface area contributed by atoms with Crippen molar-refractivity contribution in [1.82, 2.24) is 0 Å². The SMILES string of the molecule is CC(=O)c1ccc(Br)cc1.CCOP(=O)(CP(=O)(OCC)c1ccc(C(=O)O)cc1)OCC.CCO[P+](=O)CP(=O)(OCC)OCC. The molecule has 0 spiro atoms. The number of rotatable bonds is 19. The minimum atomic E-state index is -3.57. The zero-order valence-corrected chi connectivity index (χ0v) is 33.0. The van der Waals surface area contributed by atoms with Gasteiger partial charge < -0.3 is 27.7 Å². The molecule has 0 saturated carbocycles. The normalized spacial score (nSPS) is 12.9. The van der Waals surface area contributed by atoms with Gasteiger partial charge >= 0.3 is 29.2 Å². The Morgan fingerprint density at radius 1 is 0.681 bits per heavy atom. The lowest BCUT2D eigenvalue weighted by atomic mass is 10.2. The fraction of sp³-hybridized carbons (Fsp3) is 0.517. The highest BCUT2D eigenvalue weighted by atomic mass is 79.9. The van der Waals surface area contributed by atoms with E-state index in [9.17, 15) is 27.8 Å². The molecule has 0 radical (unpaired) electrons. The van der Waals surface area contributed by atoms with Crippen LogP contribution in [0.3, 0.4) is 0 Å². The second-order valence-electron chi connectivity index (χ2n) is 8.93. The van der Waals surface area contributed by atoms with Gasteiger partial charge in [-0.15, -0.1) is 4.52 Å². The predicted octanol–water partition coefficient (Wildman–Crippen LogP) is 9.19. The summed E-state index contributed by atoms with van der Waals surface area (Å²) < 4.78 is 80.3. The molecular weight excluding hydrogens is 760 g/mol. The molecule has 2 atom stereocenters. The Kier molecular flexibility index (Phi) is 23.2. The maximum atomic E-state index is 13.2. The fourth-order valence-corrected chi connectivity index (χ4v) is 12.5. The summed E-state index contributed by atoms with van der Waals surface area (Å²) in [5.41, 5.74) is 0.817. The van der Waals surface area contributed by atoms with Crippen LogP contribution in [0.25, 0.3) is 0 Å². The van der Waals surface area contributed by atoms with Crippen molar-refractivity contribution in [3.8, 4) is 0 Å². The Labute approximate surface area is 286 Å². The van der Waals surface area contributed by atoms with E-state index in [4.69, 9.17) is 32.2 Å². The van der Waals surface area contributed by atoms with E-state index in [0.29, 0.717) is 6.61 Å². The molecule has 0 amide bonds. The molecule has 13 nitrogen and oxygen atoms in total. The van der Waals surface area contributed by atoms with E-state index in [1.165, 1.54) is 24.3 Å². The molecule has 2 aromatic rings. The van der Waals surface area contributed by atoms with E-state index in [-0.39, 0.29) is 61.5 Å². The van der Waals surface area contributed by atoms with Crippen LogP contribution in [0.1, 0.15) is 69.2 Å². The van der Waals surface area contributed by atoms with Crippen molar-refractivity contribution in [1.29, 1.82) is 0 Å². The van der Waals surface area contributed by atoms with Crippen LogP contribution in [0, 0.1) is 0 Å². The van der Waals surface area contributed by atoms with E-state index >= 15 is 0 Å². The minimum Gasteiger partial charge on any atom is -0.478 e. The smallest absolute Gasteiger partial charge is 0.478 e. The van der Waals surface area contributed by atoms with Gasteiger partial charge in [0, 0.05) is 15.3 Å². The van der Waals surface area contributed by atoms with Crippen LogP contribution < -0.4 is 5.30 Å². The lowest BCUT2D eigenvalue weighted by molar-refractivity contribution is 0.0696. The van der Waals surface area contributed by atoms with Gasteiger partial charge in [0.25, 0.3) is 5.90 Å². The number of carboxylic acids is 1. The molecule has 0 aliphatic rings. The van der Waals surface area contributed by atoms with Crippen LogP contribution in [-0.2, 0) is 45.4 Å². The van der Waals surface area contributed by atoms with Crippen molar-refractivity contribution in [2.45, 2.75) is 48.5 Å². The Hall–Kier alpha value is -1.39. The van der Waals surface area contributed by atoms with Gasteiger partial charge in [0.05, 0.1) is 45.2 Å². The molecule has 2 rings (SSSR count). The Morgan fingerprint density at radius 3 is 1.49 bits per heavy atom. The van der Waals surface area contributed by atoms with E-state index in [2.05, 4.69) is 15.9 Å². The number of carbonyl (C=O) groups is 2. The topological polar surface area (TPSA) is 178 Å². The van der Waals surface area contributed by atoms with E-state index in [0.717, 1.165) is 10.0 Å². The van der Waals surface area contributed by atoms with Gasteiger partial charge in [0.2, 0.25) is 7.37 Å². The van der Waals surface area contributed by atoms with Crippen molar-refractivity contribution in [2.75, 3.05) is 51.4 Å². The monoisotopic (exact) mass is 805 g/mol. The third-order valence-electron chi connectivity index (χ3n) is 5.32. The summed E-state index contributed by atoms with van der Waals surface area (Å²) in [6.45, 7) is 13.0. The largest absolute Gasteiger partial charge is 0.521 e. The summed E-state index contributed by atoms with van der Waals surface area (Å²) in [5, 5.41) is 9.20. The molecule has 266 valence electrons. The maximum Gasteiger partial charge on any atom is 0.521 e. The van der Waals surface area contributed by atoms with Gasteiger partial charge in [-0.25, -0.2) is 4.79 Å². The quantitative estimate of drug-likeness (QED) is 0.105. The lowest BCUT2D eigenvalue weighted by Gasteiger charge is -2.23. The number of carbonyl (C=O) groups excluding carboxylic acids is 1. The summed E-state index contributed by atoms with van der Waals surface area (Å²) in [4.78, 5) is 21.6. The second-order valence-corrected chi connectivity index (χ2v) is 18.6. The zero-order chi connectivity index (χ0) is 36.1. The average Bonchev–Trinajstić information content (AvgIpc) is 2.98. The molecule has 0 aliphatic heterocycles. The van der Waals surface area contributed by atoms with Crippen LogP contribution >= 0.6 is 46.5 Å². The summed E-state index contributed by atoms with van der Waals surface area (Å²) in [6, 6.07) is 12.8. The van der Waals surface area contributed by atoms with Gasteiger partial charge in [-0.1, -0.05) is 28.1 Å². The van der Waals surface area contributed by atoms with Crippen molar-refractivity contribution >= 4 is 63.6 Å². The average molecular weight is 806 g/mol. The molecule has 0 aliphatic carbocycles. The first kappa shape index (κ1) is 45.6. The van der Waals surface area contributed by atoms with Gasteiger partial charge in [0.1, 0.15) is 5.90 Å². The molecule has 0 saturated heterocycles. The fourth-order valence-electron chi connectivity index (χ4n) is 3.50. The minimum absolute atomic E-state index is 0.0644. The molecule has 47 heavy (non-hydrogen) atoms. The maximum absolute atomic E-state index is 13.2. The molecular formula is C29H46BrO13P4+. The molecule has 0 aromatic heterocycles. The third kappa shape index (κ3) is 18.3. The molecule has 0 bridgehead atoms. The highest BCUT2D eigenvalue weighted by Crippen LogP contribution is 2.62. The van der Waals surface area contributed by atoms with Crippen LogP contribution in [0.2, 0.25) is 0 Å². The highest BCUT2D eigenvalue weighted by Gasteiger charge is 2.39. The number of carboxylic acid groups (broad SMARTS) is 1. The van der Waals surface area contributed by atoms with Crippen LogP contribution in [0.4, 0.5) is 0 Å². The Bertz CT molecular complexity index is 1370. The van der Waals surface area contributed by atoms with Gasteiger partial charge in [-0.3, -0.25) is 18.5 Å². The van der Waals surface area contributed by atoms with Crippen molar-refractivity contribution in [3.05, 3.63) is 64.1 Å². The number of hydrogen-bond acceptors (Lipinski definition) is 12. The highest BCUT2D eigenvalue weighted by molar-refractivity contribution is 9.10. The first-order valence-electron chi connectivity index (χ1n) is 14.8. The number of halogens is 1. The predicted molar refractivity (Wildman–Crippen MR) is 187 cm³/mol. The van der Waals surface area contributed by atoms with Crippen LogP contribution in [0.15, 0.2) is 53.0 Å². The van der Waals surface area contributed by atoms with E-state index in [1.54, 1.807) is 60.6 Å². The van der Waals surface area contributed by atoms with Gasteiger partial charge in [-0.2, -0.15) is 0 Å². The van der Waals surface area contributed by atoms with Gasteiger partial charge in [-0.05, 0) is 89.4 Å². The summed E-state index contributed by atoms with van der Waals surface area (Å²) >= 11 is 3.28. The van der Waals surface area contributed by atoms with Crippen LogP contribution in [0.5, 0.6) is 0 Å². The second kappa shape index (κ2) is 23.9. The number of aromatic carboxylic acids is 1.